The van der Waals surface area contributed by atoms with E-state index in [1.807, 2.05) is 24.3 Å². The second-order valence-electron chi connectivity index (χ2n) is 6.80. The summed E-state index contributed by atoms with van der Waals surface area (Å²) in [4.78, 5) is 21.3. The third-order valence-corrected chi connectivity index (χ3v) is 4.38. The van der Waals surface area contributed by atoms with Crippen molar-refractivity contribution in [1.82, 2.24) is 5.32 Å². The van der Waals surface area contributed by atoms with Crippen molar-refractivity contribution in [3.8, 4) is 0 Å². The maximum absolute atomic E-state index is 12.3. The van der Waals surface area contributed by atoms with Crippen molar-refractivity contribution < 1.29 is 24.5 Å². The highest BCUT2D eigenvalue weighted by atomic mass is 16.5. The Balaban J connectivity index is 0.000000828. The Labute approximate surface area is 160 Å². The summed E-state index contributed by atoms with van der Waals surface area (Å²) in [5, 5.41) is 19.5. The smallest absolute Gasteiger partial charge is 0.300 e. The molecule has 1 aliphatic rings. The molecule has 0 heterocycles. The highest BCUT2D eigenvalue weighted by molar-refractivity contribution is 5.78. The van der Waals surface area contributed by atoms with Crippen LogP contribution in [0, 0.1) is 5.92 Å². The highest BCUT2D eigenvalue weighted by Gasteiger charge is 2.32. The molecule has 1 aliphatic carbocycles. The Hall–Kier alpha value is -1.96. The Morgan fingerprint density at radius 1 is 1.30 bits per heavy atom. The quantitative estimate of drug-likeness (QED) is 0.572. The summed E-state index contributed by atoms with van der Waals surface area (Å²) >= 11 is 0. The summed E-state index contributed by atoms with van der Waals surface area (Å²) < 4.78 is 5.75. The number of carbonyl (C=O) groups excluding carboxylic acids is 1. The third kappa shape index (κ3) is 8.99. The van der Waals surface area contributed by atoms with Crippen molar-refractivity contribution in [2.75, 3.05) is 6.61 Å². The van der Waals surface area contributed by atoms with Crippen LogP contribution < -0.4 is 11.1 Å². The summed E-state index contributed by atoms with van der Waals surface area (Å²) in [5.41, 5.74) is 8.01. The van der Waals surface area contributed by atoms with Gasteiger partial charge in [-0.2, -0.15) is 0 Å². The van der Waals surface area contributed by atoms with Gasteiger partial charge in [-0.15, -0.1) is 0 Å². The van der Waals surface area contributed by atoms with E-state index in [9.17, 15) is 4.79 Å². The van der Waals surface area contributed by atoms with Crippen LogP contribution in [-0.4, -0.2) is 40.8 Å². The lowest BCUT2D eigenvalue weighted by Gasteiger charge is -2.33. The number of carbonyl (C=O) groups is 2. The van der Waals surface area contributed by atoms with Gasteiger partial charge >= 0.3 is 0 Å². The third-order valence-electron chi connectivity index (χ3n) is 4.38. The summed E-state index contributed by atoms with van der Waals surface area (Å²) in [5.74, 6) is -0.809. The van der Waals surface area contributed by atoms with Crippen LogP contribution in [0.2, 0.25) is 0 Å². The molecule has 0 aliphatic heterocycles. The molecule has 152 valence electrons. The van der Waals surface area contributed by atoms with E-state index in [-0.39, 0.29) is 30.6 Å². The van der Waals surface area contributed by atoms with Gasteiger partial charge in [0.15, 0.2) is 0 Å². The highest BCUT2D eigenvalue weighted by Crippen LogP contribution is 2.26. The molecule has 0 bridgehead atoms. The molecule has 1 aromatic carbocycles. The Morgan fingerprint density at radius 2 is 1.96 bits per heavy atom. The molecule has 27 heavy (non-hydrogen) atoms. The fourth-order valence-corrected chi connectivity index (χ4v) is 3.06. The molecule has 0 unspecified atom stereocenters. The lowest BCUT2D eigenvalue weighted by Crippen LogP contribution is -2.46. The lowest BCUT2D eigenvalue weighted by atomic mass is 9.83. The summed E-state index contributed by atoms with van der Waals surface area (Å²) in [6.45, 7) is 4.39. The van der Waals surface area contributed by atoms with E-state index < -0.39 is 5.97 Å². The standard InChI is InChI=1S/C18H28N2O3.C2H4O2/c1-2-8-23-17-7-6-15(10-16(17)19)18(22)20-11-13-4-3-5-14(9-13)12-21;1-2(3)4/h3-5,9,15-17,21H,2,6-8,10-12,19H2,1H3,(H,20,22);1H3,(H,3,4)/t15-,16+,17+;/m0./s1. The Bertz CT molecular complexity index is 589. The first kappa shape index (κ1) is 23.1. The molecule has 0 spiro atoms. The largest absolute Gasteiger partial charge is 0.481 e. The van der Waals surface area contributed by atoms with Crippen LogP contribution in [0.3, 0.4) is 0 Å². The molecule has 5 N–H and O–H groups in total. The van der Waals surface area contributed by atoms with Crippen LogP contribution in [0.1, 0.15) is 50.7 Å². The van der Waals surface area contributed by atoms with Gasteiger partial charge in [0, 0.05) is 32.0 Å². The van der Waals surface area contributed by atoms with E-state index >= 15 is 0 Å². The number of aliphatic carboxylic acids is 1. The molecule has 2 rings (SSSR count). The average Bonchev–Trinajstić information content (AvgIpc) is 2.64. The van der Waals surface area contributed by atoms with Crippen LogP contribution in [-0.2, 0) is 27.5 Å². The maximum Gasteiger partial charge on any atom is 0.300 e. The van der Waals surface area contributed by atoms with Crippen LogP contribution in [0.25, 0.3) is 0 Å². The molecule has 1 fully saturated rings. The Kier molecular flexibility index (Phi) is 10.6. The van der Waals surface area contributed by atoms with E-state index in [1.165, 1.54) is 0 Å². The van der Waals surface area contributed by atoms with E-state index in [2.05, 4.69) is 12.2 Å². The molecule has 1 aromatic rings. The van der Waals surface area contributed by atoms with Crippen molar-refractivity contribution in [2.45, 2.75) is 64.8 Å². The van der Waals surface area contributed by atoms with E-state index in [0.717, 1.165) is 43.9 Å². The van der Waals surface area contributed by atoms with Crippen molar-refractivity contribution in [3.05, 3.63) is 35.4 Å². The number of carboxylic acid groups (broad SMARTS) is 1. The molecule has 3 atom stereocenters. The zero-order valence-corrected chi connectivity index (χ0v) is 16.2. The summed E-state index contributed by atoms with van der Waals surface area (Å²) in [6, 6.07) is 7.53. The Morgan fingerprint density at radius 3 is 2.56 bits per heavy atom. The molecule has 1 saturated carbocycles. The maximum atomic E-state index is 12.3. The molecule has 7 nitrogen and oxygen atoms in total. The topological polar surface area (TPSA) is 122 Å². The minimum absolute atomic E-state index is 0.0123. The molecular weight excluding hydrogens is 348 g/mol. The second-order valence-corrected chi connectivity index (χ2v) is 6.80. The number of aliphatic hydroxyl groups is 1. The first-order valence-corrected chi connectivity index (χ1v) is 9.40. The number of rotatable bonds is 7. The van der Waals surface area contributed by atoms with E-state index in [4.69, 9.17) is 25.5 Å². The zero-order valence-electron chi connectivity index (χ0n) is 16.2. The van der Waals surface area contributed by atoms with Crippen molar-refractivity contribution in [3.63, 3.8) is 0 Å². The van der Waals surface area contributed by atoms with Gasteiger partial charge < -0.3 is 26.0 Å². The molecule has 0 aromatic heterocycles. The van der Waals surface area contributed by atoms with Gasteiger partial charge in [0.2, 0.25) is 5.91 Å². The first-order valence-electron chi connectivity index (χ1n) is 9.40. The van der Waals surface area contributed by atoms with E-state index in [1.54, 1.807) is 0 Å². The summed E-state index contributed by atoms with van der Waals surface area (Å²) in [6.07, 6.45) is 3.42. The predicted molar refractivity (Wildman–Crippen MR) is 103 cm³/mol. The molecular formula is C20H32N2O5. The number of hydrogen-bond acceptors (Lipinski definition) is 5. The van der Waals surface area contributed by atoms with Gasteiger partial charge in [0.25, 0.3) is 5.97 Å². The second kappa shape index (κ2) is 12.4. The van der Waals surface area contributed by atoms with E-state index in [0.29, 0.717) is 13.0 Å². The molecule has 1 amide bonds. The minimum atomic E-state index is -0.833. The van der Waals surface area contributed by atoms with Crippen molar-refractivity contribution >= 4 is 11.9 Å². The van der Waals surface area contributed by atoms with Crippen LogP contribution in [0.15, 0.2) is 24.3 Å². The summed E-state index contributed by atoms with van der Waals surface area (Å²) in [7, 11) is 0. The fourth-order valence-electron chi connectivity index (χ4n) is 3.06. The lowest BCUT2D eigenvalue weighted by molar-refractivity contribution is -0.134. The monoisotopic (exact) mass is 380 g/mol. The number of ether oxygens (including phenoxy) is 1. The van der Waals surface area contributed by atoms with Crippen LogP contribution in [0.5, 0.6) is 0 Å². The number of amides is 1. The SMILES string of the molecule is CC(=O)O.CCCO[C@@H]1CC[C@H](C(=O)NCc2cccc(CO)c2)C[C@H]1N. The number of hydrogen-bond donors (Lipinski definition) is 4. The first-order chi connectivity index (χ1) is 12.9. The molecule has 0 radical (unpaired) electrons. The van der Waals surface area contributed by atoms with Crippen molar-refractivity contribution in [1.29, 1.82) is 0 Å². The van der Waals surface area contributed by atoms with Gasteiger partial charge in [-0.25, -0.2) is 0 Å². The minimum Gasteiger partial charge on any atom is -0.481 e. The number of carboxylic acids is 1. The molecule has 0 saturated heterocycles. The average molecular weight is 380 g/mol. The van der Waals surface area contributed by atoms with Crippen molar-refractivity contribution in [2.24, 2.45) is 11.7 Å². The zero-order chi connectivity index (χ0) is 20.2. The van der Waals surface area contributed by atoms with Gasteiger partial charge in [0.05, 0.1) is 12.7 Å². The van der Waals surface area contributed by atoms with Crippen LogP contribution in [0.4, 0.5) is 0 Å². The van der Waals surface area contributed by atoms with Gasteiger partial charge in [0.1, 0.15) is 0 Å². The molecule has 7 heteroatoms. The van der Waals surface area contributed by atoms with Gasteiger partial charge in [-0.3, -0.25) is 9.59 Å². The van der Waals surface area contributed by atoms with Gasteiger partial charge in [-0.1, -0.05) is 31.2 Å². The number of nitrogens with two attached hydrogens (primary N) is 1. The van der Waals surface area contributed by atoms with Crippen LogP contribution >= 0.6 is 0 Å². The predicted octanol–water partition coefficient (Wildman–Crippen LogP) is 1.81. The fraction of sp³-hybridized carbons (Fsp3) is 0.600. The number of aliphatic hydroxyl groups excluding tert-OH is 1. The number of nitrogens with one attached hydrogen (secondary N) is 1. The normalized spacial score (nSPS) is 21.7. The number of benzene rings is 1. The van der Waals surface area contributed by atoms with Gasteiger partial charge in [-0.05, 0) is 36.8 Å².